The van der Waals surface area contributed by atoms with E-state index in [0.717, 1.165) is 23.4 Å². The molecule has 1 atom stereocenters. The van der Waals surface area contributed by atoms with Gasteiger partial charge in [-0.1, -0.05) is 56.8 Å². The maximum Gasteiger partial charge on any atom is 0.0456 e. The molecule has 0 amide bonds. The first-order valence-electron chi connectivity index (χ1n) is 8.15. The summed E-state index contributed by atoms with van der Waals surface area (Å²) in [4.78, 5) is 0. The largest absolute Gasteiger partial charge is 0.310 e. The Hall–Kier alpha value is -0.530. The highest BCUT2D eigenvalue weighted by Gasteiger charge is 2.28. The van der Waals surface area contributed by atoms with Crippen molar-refractivity contribution < 1.29 is 0 Å². The van der Waals surface area contributed by atoms with Crippen LogP contribution in [0.15, 0.2) is 18.2 Å². The van der Waals surface area contributed by atoms with Gasteiger partial charge in [0.15, 0.2) is 0 Å². The number of benzene rings is 1. The Kier molecular flexibility index (Phi) is 5.92. The molecule has 0 saturated heterocycles. The number of nitrogens with one attached hydrogen (secondary N) is 1. The summed E-state index contributed by atoms with van der Waals surface area (Å²) < 4.78 is 0. The van der Waals surface area contributed by atoms with Gasteiger partial charge in [-0.15, -0.1) is 0 Å². The fourth-order valence-electron chi connectivity index (χ4n) is 3.56. The van der Waals surface area contributed by atoms with Crippen molar-refractivity contribution in [2.75, 3.05) is 6.54 Å². The van der Waals surface area contributed by atoms with Crippen LogP contribution in [0.3, 0.4) is 0 Å². The molecular formula is C18H28ClN. The predicted octanol–water partition coefficient (Wildman–Crippen LogP) is 5.52. The SMILES string of the molecule is CCNC(c1ccc(C)cc1Cl)C1CCC(CC)CC1. The van der Waals surface area contributed by atoms with Crippen LogP contribution in [0, 0.1) is 18.8 Å². The van der Waals surface area contributed by atoms with Gasteiger partial charge in [-0.2, -0.15) is 0 Å². The lowest BCUT2D eigenvalue weighted by Crippen LogP contribution is -2.31. The van der Waals surface area contributed by atoms with Gasteiger partial charge in [0.25, 0.3) is 0 Å². The van der Waals surface area contributed by atoms with Gasteiger partial charge in [0.1, 0.15) is 0 Å². The fraction of sp³-hybridized carbons (Fsp3) is 0.667. The van der Waals surface area contributed by atoms with E-state index in [-0.39, 0.29) is 0 Å². The summed E-state index contributed by atoms with van der Waals surface area (Å²) in [7, 11) is 0. The molecule has 1 N–H and O–H groups in total. The molecule has 0 aromatic heterocycles. The maximum absolute atomic E-state index is 6.50. The van der Waals surface area contributed by atoms with Crippen LogP contribution in [-0.2, 0) is 0 Å². The number of aryl methyl sites for hydroxylation is 1. The van der Waals surface area contributed by atoms with Gasteiger partial charge in [0.05, 0.1) is 0 Å². The second kappa shape index (κ2) is 7.47. The van der Waals surface area contributed by atoms with Gasteiger partial charge in [0, 0.05) is 11.1 Å². The zero-order valence-corrected chi connectivity index (χ0v) is 13.8. The minimum absolute atomic E-state index is 0.422. The predicted molar refractivity (Wildman–Crippen MR) is 88.3 cm³/mol. The molecule has 0 radical (unpaired) electrons. The van der Waals surface area contributed by atoms with Crippen molar-refractivity contribution in [2.45, 2.75) is 58.9 Å². The molecule has 0 heterocycles. The average Bonchev–Trinajstić information content (AvgIpc) is 2.46. The van der Waals surface area contributed by atoms with Gasteiger partial charge in [-0.3, -0.25) is 0 Å². The number of hydrogen-bond acceptors (Lipinski definition) is 1. The van der Waals surface area contributed by atoms with E-state index >= 15 is 0 Å². The minimum atomic E-state index is 0.422. The quantitative estimate of drug-likeness (QED) is 0.754. The molecule has 20 heavy (non-hydrogen) atoms. The molecule has 1 saturated carbocycles. The van der Waals surface area contributed by atoms with Crippen LogP contribution < -0.4 is 5.32 Å². The summed E-state index contributed by atoms with van der Waals surface area (Å²) in [6, 6.07) is 6.92. The lowest BCUT2D eigenvalue weighted by molar-refractivity contribution is 0.220. The maximum atomic E-state index is 6.50. The van der Waals surface area contributed by atoms with E-state index in [1.807, 2.05) is 0 Å². The molecule has 1 aliphatic carbocycles. The number of halogens is 1. The zero-order valence-electron chi connectivity index (χ0n) is 13.1. The van der Waals surface area contributed by atoms with E-state index in [2.05, 4.69) is 44.3 Å². The highest BCUT2D eigenvalue weighted by molar-refractivity contribution is 6.31. The third-order valence-corrected chi connectivity index (χ3v) is 5.18. The highest BCUT2D eigenvalue weighted by atomic mass is 35.5. The van der Waals surface area contributed by atoms with Crippen LogP contribution in [-0.4, -0.2) is 6.54 Å². The van der Waals surface area contributed by atoms with Gasteiger partial charge < -0.3 is 5.32 Å². The van der Waals surface area contributed by atoms with Gasteiger partial charge in [-0.05, 0) is 55.3 Å². The Morgan fingerprint density at radius 3 is 2.45 bits per heavy atom. The van der Waals surface area contributed by atoms with Crippen molar-refractivity contribution in [2.24, 2.45) is 11.8 Å². The standard InChI is InChI=1S/C18H28ClN/c1-4-14-7-9-15(10-8-14)18(20-5-2)16-11-6-13(3)12-17(16)19/h6,11-12,14-15,18,20H,4-5,7-10H2,1-3H3. The Morgan fingerprint density at radius 2 is 1.90 bits per heavy atom. The first-order chi connectivity index (χ1) is 9.65. The molecule has 1 aromatic carbocycles. The Balaban J connectivity index is 2.14. The summed E-state index contributed by atoms with van der Waals surface area (Å²) >= 11 is 6.50. The molecule has 1 unspecified atom stereocenters. The third-order valence-electron chi connectivity index (χ3n) is 4.86. The summed E-state index contributed by atoms with van der Waals surface area (Å²) in [5, 5.41) is 4.60. The number of rotatable bonds is 5. The third kappa shape index (κ3) is 3.77. The first-order valence-corrected chi connectivity index (χ1v) is 8.52. The molecule has 2 heteroatoms. The molecular weight excluding hydrogens is 266 g/mol. The Morgan fingerprint density at radius 1 is 1.20 bits per heavy atom. The topological polar surface area (TPSA) is 12.0 Å². The fourth-order valence-corrected chi connectivity index (χ4v) is 3.92. The molecule has 1 aliphatic rings. The first kappa shape index (κ1) is 15.9. The van der Waals surface area contributed by atoms with Crippen LogP contribution >= 0.6 is 11.6 Å². The van der Waals surface area contributed by atoms with Crippen molar-refractivity contribution in [3.05, 3.63) is 34.3 Å². The molecule has 1 nitrogen and oxygen atoms in total. The van der Waals surface area contributed by atoms with E-state index in [4.69, 9.17) is 11.6 Å². The van der Waals surface area contributed by atoms with Gasteiger partial charge in [-0.25, -0.2) is 0 Å². The van der Waals surface area contributed by atoms with Gasteiger partial charge >= 0.3 is 0 Å². The van der Waals surface area contributed by atoms with Crippen molar-refractivity contribution in [3.8, 4) is 0 Å². The molecule has 2 rings (SSSR count). The molecule has 0 bridgehead atoms. The van der Waals surface area contributed by atoms with Crippen molar-refractivity contribution in [1.82, 2.24) is 5.32 Å². The van der Waals surface area contributed by atoms with Gasteiger partial charge in [0.2, 0.25) is 0 Å². The molecule has 1 fully saturated rings. The monoisotopic (exact) mass is 293 g/mol. The summed E-state index contributed by atoms with van der Waals surface area (Å²) in [6.45, 7) is 7.61. The Bertz CT molecular complexity index is 421. The molecule has 0 aliphatic heterocycles. The summed E-state index contributed by atoms with van der Waals surface area (Å²) in [5.74, 6) is 1.68. The molecule has 112 valence electrons. The molecule has 1 aromatic rings. The van der Waals surface area contributed by atoms with Crippen molar-refractivity contribution in [1.29, 1.82) is 0 Å². The van der Waals surface area contributed by atoms with Crippen LogP contribution in [0.4, 0.5) is 0 Å². The van der Waals surface area contributed by atoms with Crippen LogP contribution in [0.1, 0.15) is 63.1 Å². The van der Waals surface area contributed by atoms with Crippen LogP contribution in [0.25, 0.3) is 0 Å². The highest BCUT2D eigenvalue weighted by Crippen LogP contribution is 2.39. The Labute approximate surface area is 129 Å². The average molecular weight is 294 g/mol. The van der Waals surface area contributed by atoms with E-state index < -0.39 is 0 Å². The van der Waals surface area contributed by atoms with E-state index in [0.29, 0.717) is 6.04 Å². The second-order valence-corrected chi connectivity index (χ2v) is 6.66. The van der Waals surface area contributed by atoms with Crippen molar-refractivity contribution in [3.63, 3.8) is 0 Å². The lowest BCUT2D eigenvalue weighted by Gasteiger charge is -2.34. The number of hydrogen-bond donors (Lipinski definition) is 1. The summed E-state index contributed by atoms with van der Waals surface area (Å²) in [6.07, 6.45) is 6.77. The lowest BCUT2D eigenvalue weighted by atomic mass is 9.76. The second-order valence-electron chi connectivity index (χ2n) is 6.25. The minimum Gasteiger partial charge on any atom is -0.310 e. The van der Waals surface area contributed by atoms with Crippen molar-refractivity contribution >= 4 is 11.6 Å². The molecule has 0 spiro atoms. The normalized spacial score (nSPS) is 24.6. The van der Waals surface area contributed by atoms with E-state index in [1.165, 1.54) is 43.2 Å². The van der Waals surface area contributed by atoms with E-state index in [1.54, 1.807) is 0 Å². The smallest absolute Gasteiger partial charge is 0.0456 e. The van der Waals surface area contributed by atoms with Crippen LogP contribution in [0.5, 0.6) is 0 Å². The van der Waals surface area contributed by atoms with E-state index in [9.17, 15) is 0 Å². The van der Waals surface area contributed by atoms with Crippen LogP contribution in [0.2, 0.25) is 5.02 Å². The summed E-state index contributed by atoms with van der Waals surface area (Å²) in [5.41, 5.74) is 2.53. The zero-order chi connectivity index (χ0) is 14.5.